The Kier molecular flexibility index (Phi) is 4.09. The van der Waals surface area contributed by atoms with Crippen molar-refractivity contribution in [2.24, 2.45) is 0 Å². The van der Waals surface area contributed by atoms with E-state index in [0.717, 1.165) is 5.38 Å². The van der Waals surface area contributed by atoms with E-state index in [1.54, 1.807) is 0 Å². The summed E-state index contributed by atoms with van der Waals surface area (Å²) in [6.45, 7) is 4.00. The van der Waals surface area contributed by atoms with Crippen LogP contribution in [0.25, 0.3) is 0 Å². The average Bonchev–Trinajstić information content (AvgIpc) is 2.39. The van der Waals surface area contributed by atoms with E-state index >= 15 is 0 Å². The molecule has 1 heterocycles. The summed E-state index contributed by atoms with van der Waals surface area (Å²) in [5, 5.41) is 9.57. The Morgan fingerprint density at radius 1 is 1.33 bits per heavy atom. The van der Waals surface area contributed by atoms with Crippen LogP contribution in [0.5, 0.6) is 5.75 Å². The van der Waals surface area contributed by atoms with Crippen molar-refractivity contribution in [2.75, 3.05) is 0 Å². The third-order valence-corrected chi connectivity index (χ3v) is 1.83. The summed E-state index contributed by atoms with van der Waals surface area (Å²) in [5.41, 5.74) is 0. The molecule has 12 heavy (non-hydrogen) atoms. The lowest BCUT2D eigenvalue weighted by atomic mass is 10.4. The van der Waals surface area contributed by atoms with Crippen LogP contribution in [0.2, 0.25) is 0 Å². The highest BCUT2D eigenvalue weighted by Gasteiger charge is 2.32. The molecule has 0 radical (unpaired) electrons. The van der Waals surface area contributed by atoms with Crippen molar-refractivity contribution in [1.29, 1.82) is 0 Å². The molecule has 5 heteroatoms. The first-order valence-electron chi connectivity index (χ1n) is 3.35. The minimum absolute atomic E-state index is 0.336. The van der Waals surface area contributed by atoms with Gasteiger partial charge in [0.15, 0.2) is 0 Å². The van der Waals surface area contributed by atoms with Crippen molar-refractivity contribution < 1.29 is 18.3 Å². The lowest BCUT2D eigenvalue weighted by Crippen LogP contribution is -2.00. The van der Waals surface area contributed by atoms with Gasteiger partial charge < -0.3 is 5.11 Å². The molecule has 0 aliphatic heterocycles. The highest BCUT2D eigenvalue weighted by molar-refractivity contribution is 7.10. The Morgan fingerprint density at radius 3 is 2.00 bits per heavy atom. The smallest absolute Gasteiger partial charge is 0.425 e. The number of hydrogen-bond acceptors (Lipinski definition) is 2. The van der Waals surface area contributed by atoms with Gasteiger partial charge in [-0.15, -0.1) is 11.3 Å². The van der Waals surface area contributed by atoms with Crippen LogP contribution in [-0.4, -0.2) is 5.11 Å². The molecular formula is C7H9F3OS. The lowest BCUT2D eigenvalue weighted by Gasteiger charge is -1.99. The summed E-state index contributed by atoms with van der Waals surface area (Å²) >= 11 is 0.481. The monoisotopic (exact) mass is 198 g/mol. The topological polar surface area (TPSA) is 20.2 Å². The maximum Gasteiger partial charge on any atom is 0.425 e. The molecule has 0 atom stereocenters. The predicted octanol–water partition coefficient (Wildman–Crippen LogP) is 3.50. The molecule has 0 bridgehead atoms. The van der Waals surface area contributed by atoms with Crippen LogP contribution < -0.4 is 0 Å². The number of rotatable bonds is 0. The van der Waals surface area contributed by atoms with Gasteiger partial charge in [0.1, 0.15) is 10.6 Å². The summed E-state index contributed by atoms with van der Waals surface area (Å²) in [6.07, 6.45) is -4.33. The molecule has 1 N–H and O–H groups in total. The van der Waals surface area contributed by atoms with Crippen molar-refractivity contribution in [3.05, 3.63) is 16.3 Å². The van der Waals surface area contributed by atoms with Crippen LogP contribution >= 0.6 is 11.3 Å². The summed E-state index contributed by atoms with van der Waals surface area (Å²) < 4.78 is 35.1. The lowest BCUT2D eigenvalue weighted by molar-refractivity contribution is -0.134. The zero-order valence-electron chi connectivity index (χ0n) is 6.64. The molecule has 70 valence electrons. The summed E-state index contributed by atoms with van der Waals surface area (Å²) in [5.74, 6) is -0.336. The first kappa shape index (κ1) is 11.3. The van der Waals surface area contributed by atoms with Crippen molar-refractivity contribution >= 4 is 11.3 Å². The zero-order valence-corrected chi connectivity index (χ0v) is 7.46. The molecule has 0 aromatic carbocycles. The molecular weight excluding hydrogens is 189 g/mol. The van der Waals surface area contributed by atoms with E-state index in [0.29, 0.717) is 17.4 Å². The Hall–Kier alpha value is -0.710. The van der Waals surface area contributed by atoms with Gasteiger partial charge in [0.25, 0.3) is 0 Å². The number of thiophene rings is 1. The highest BCUT2D eigenvalue weighted by Crippen LogP contribution is 2.35. The van der Waals surface area contributed by atoms with E-state index in [2.05, 4.69) is 0 Å². The van der Waals surface area contributed by atoms with E-state index in [4.69, 9.17) is 5.11 Å². The SMILES string of the molecule is CC.Oc1csc(C(F)(F)F)c1. The van der Waals surface area contributed by atoms with E-state index < -0.39 is 11.1 Å². The van der Waals surface area contributed by atoms with Crippen molar-refractivity contribution in [2.45, 2.75) is 20.0 Å². The molecule has 0 amide bonds. The van der Waals surface area contributed by atoms with Crippen LogP contribution in [0.15, 0.2) is 11.4 Å². The van der Waals surface area contributed by atoms with Crippen molar-refractivity contribution in [3.63, 3.8) is 0 Å². The first-order valence-corrected chi connectivity index (χ1v) is 4.23. The molecule has 0 fully saturated rings. The third kappa shape index (κ3) is 3.13. The van der Waals surface area contributed by atoms with Crippen molar-refractivity contribution in [3.8, 4) is 5.75 Å². The van der Waals surface area contributed by atoms with Crippen LogP contribution in [0.1, 0.15) is 18.7 Å². The molecule has 0 spiro atoms. The van der Waals surface area contributed by atoms with Crippen LogP contribution in [0, 0.1) is 0 Å². The minimum Gasteiger partial charge on any atom is -0.507 e. The molecule has 1 aromatic heterocycles. The molecule has 0 saturated heterocycles. The fraction of sp³-hybridized carbons (Fsp3) is 0.429. The quantitative estimate of drug-likeness (QED) is 0.676. The van der Waals surface area contributed by atoms with Gasteiger partial charge in [0, 0.05) is 11.4 Å². The van der Waals surface area contributed by atoms with E-state index in [9.17, 15) is 13.2 Å². The maximum absolute atomic E-state index is 11.7. The fourth-order valence-corrected chi connectivity index (χ4v) is 1.11. The Morgan fingerprint density at radius 2 is 1.83 bits per heavy atom. The number of aromatic hydroxyl groups is 1. The van der Waals surface area contributed by atoms with Gasteiger partial charge in [-0.3, -0.25) is 0 Å². The van der Waals surface area contributed by atoms with Crippen LogP contribution in [0.4, 0.5) is 13.2 Å². The van der Waals surface area contributed by atoms with E-state index in [-0.39, 0.29) is 5.75 Å². The molecule has 0 aliphatic carbocycles. The third-order valence-electron chi connectivity index (χ3n) is 0.865. The number of hydrogen-bond donors (Lipinski definition) is 1. The molecule has 1 aromatic rings. The van der Waals surface area contributed by atoms with E-state index in [1.807, 2.05) is 13.8 Å². The van der Waals surface area contributed by atoms with Gasteiger partial charge in [-0.05, 0) is 0 Å². The van der Waals surface area contributed by atoms with Gasteiger partial charge in [-0.1, -0.05) is 13.8 Å². The van der Waals surface area contributed by atoms with Crippen LogP contribution in [0.3, 0.4) is 0 Å². The summed E-state index contributed by atoms with van der Waals surface area (Å²) in [7, 11) is 0. The van der Waals surface area contributed by atoms with Crippen LogP contribution in [-0.2, 0) is 6.18 Å². The largest absolute Gasteiger partial charge is 0.507 e. The number of halogens is 3. The molecule has 0 unspecified atom stereocenters. The fourth-order valence-electron chi connectivity index (χ4n) is 0.475. The molecule has 1 rings (SSSR count). The van der Waals surface area contributed by atoms with Gasteiger partial charge >= 0.3 is 6.18 Å². The second kappa shape index (κ2) is 4.35. The van der Waals surface area contributed by atoms with Gasteiger partial charge in [-0.2, -0.15) is 13.2 Å². The Bertz CT molecular complexity index is 229. The first-order chi connectivity index (χ1) is 5.50. The van der Waals surface area contributed by atoms with Crippen molar-refractivity contribution in [1.82, 2.24) is 0 Å². The maximum atomic E-state index is 11.7. The van der Waals surface area contributed by atoms with Gasteiger partial charge in [0.05, 0.1) is 0 Å². The Labute approximate surface area is 72.5 Å². The average molecular weight is 198 g/mol. The van der Waals surface area contributed by atoms with Gasteiger partial charge in [0.2, 0.25) is 0 Å². The summed E-state index contributed by atoms with van der Waals surface area (Å²) in [4.78, 5) is -0.773. The standard InChI is InChI=1S/C5H3F3OS.C2H6/c6-5(7,8)4-1-3(9)2-10-4;1-2/h1-2,9H;1-2H3. The number of alkyl halides is 3. The second-order valence-electron chi connectivity index (χ2n) is 1.67. The Balaban J connectivity index is 0.000000561. The molecule has 1 nitrogen and oxygen atoms in total. The normalized spacial score (nSPS) is 10.4. The van der Waals surface area contributed by atoms with E-state index in [1.165, 1.54) is 0 Å². The van der Waals surface area contributed by atoms with Gasteiger partial charge in [-0.25, -0.2) is 0 Å². The minimum atomic E-state index is -4.33. The summed E-state index contributed by atoms with van der Waals surface area (Å²) in [6, 6.07) is 0.699. The molecule has 0 aliphatic rings. The second-order valence-corrected chi connectivity index (χ2v) is 2.58. The molecule has 0 saturated carbocycles. The highest BCUT2D eigenvalue weighted by atomic mass is 32.1. The predicted molar refractivity (Wildman–Crippen MR) is 42.3 cm³/mol. The zero-order chi connectivity index (χ0) is 9.78.